The fraction of sp³-hybridized carbons (Fsp3) is 0.500. The molecule has 1 amide bonds. The first-order valence-corrected chi connectivity index (χ1v) is 7.48. The Morgan fingerprint density at radius 1 is 1.50 bits per heavy atom. The molecule has 1 aromatic carbocycles. The lowest BCUT2D eigenvalue weighted by Crippen LogP contribution is -2.32. The van der Waals surface area contributed by atoms with E-state index >= 15 is 0 Å². The normalized spacial score (nSPS) is 19.5. The molecule has 0 aromatic heterocycles. The van der Waals surface area contributed by atoms with Crippen LogP contribution in [0.15, 0.2) is 18.2 Å². The van der Waals surface area contributed by atoms with Crippen LogP contribution in [0.5, 0.6) is 0 Å². The zero-order chi connectivity index (χ0) is 13.0. The Morgan fingerprint density at radius 2 is 2.33 bits per heavy atom. The van der Waals surface area contributed by atoms with Crippen molar-refractivity contribution in [1.82, 2.24) is 5.32 Å². The minimum absolute atomic E-state index is 0.0447. The summed E-state index contributed by atoms with van der Waals surface area (Å²) in [6.45, 7) is 2.66. The molecule has 98 valence electrons. The number of anilines is 1. The van der Waals surface area contributed by atoms with Gasteiger partial charge >= 0.3 is 0 Å². The van der Waals surface area contributed by atoms with Gasteiger partial charge in [0.05, 0.1) is 5.56 Å². The first-order chi connectivity index (χ1) is 8.68. The van der Waals surface area contributed by atoms with Crippen molar-refractivity contribution in [2.45, 2.75) is 31.4 Å². The molecule has 0 aliphatic carbocycles. The molecule has 1 fully saturated rings. The third-order valence-corrected chi connectivity index (χ3v) is 4.69. The van der Waals surface area contributed by atoms with Crippen molar-refractivity contribution in [2.75, 3.05) is 18.0 Å². The summed E-state index contributed by atoms with van der Waals surface area (Å²) in [7, 11) is 0. The zero-order valence-electron chi connectivity index (χ0n) is 10.7. The summed E-state index contributed by atoms with van der Waals surface area (Å²) < 4.78 is 0. The van der Waals surface area contributed by atoms with Crippen LogP contribution in [-0.4, -0.2) is 23.5 Å². The first-order valence-electron chi connectivity index (χ1n) is 6.43. The molecule has 0 spiro atoms. The van der Waals surface area contributed by atoms with E-state index in [0.717, 1.165) is 12.1 Å². The number of rotatable bonds is 3. The summed E-state index contributed by atoms with van der Waals surface area (Å²) in [5.41, 5.74) is 7.98. The smallest absolute Gasteiger partial charge is 0.253 e. The van der Waals surface area contributed by atoms with E-state index in [4.69, 9.17) is 5.73 Å². The highest BCUT2D eigenvalue weighted by atomic mass is 32.2. The number of hydrogen-bond acceptors (Lipinski definition) is 3. The van der Waals surface area contributed by atoms with Gasteiger partial charge in [-0.1, -0.05) is 18.6 Å². The molecule has 1 atom stereocenters. The van der Waals surface area contributed by atoms with Crippen molar-refractivity contribution in [3.05, 3.63) is 29.3 Å². The van der Waals surface area contributed by atoms with Crippen LogP contribution >= 0.6 is 11.8 Å². The Labute approximate surface area is 113 Å². The van der Waals surface area contributed by atoms with Crippen LogP contribution in [0.1, 0.15) is 35.2 Å². The van der Waals surface area contributed by atoms with Gasteiger partial charge in [0.2, 0.25) is 0 Å². The topological polar surface area (TPSA) is 55.1 Å². The molecule has 1 heterocycles. The minimum atomic E-state index is -0.0447. The predicted molar refractivity (Wildman–Crippen MR) is 78.0 cm³/mol. The third-order valence-electron chi connectivity index (χ3n) is 3.30. The Hall–Kier alpha value is -1.16. The largest absolute Gasteiger partial charge is 0.398 e. The van der Waals surface area contributed by atoms with Crippen LogP contribution in [0, 0.1) is 6.92 Å². The monoisotopic (exact) mass is 264 g/mol. The van der Waals surface area contributed by atoms with Crippen molar-refractivity contribution in [3.8, 4) is 0 Å². The van der Waals surface area contributed by atoms with Gasteiger partial charge < -0.3 is 11.1 Å². The summed E-state index contributed by atoms with van der Waals surface area (Å²) in [6, 6.07) is 5.57. The van der Waals surface area contributed by atoms with Crippen LogP contribution < -0.4 is 11.1 Å². The summed E-state index contributed by atoms with van der Waals surface area (Å²) in [5, 5.41) is 3.57. The number of benzene rings is 1. The first kappa shape index (κ1) is 13.3. The third kappa shape index (κ3) is 3.19. The second kappa shape index (κ2) is 6.14. The van der Waals surface area contributed by atoms with Gasteiger partial charge in [-0.25, -0.2) is 0 Å². The van der Waals surface area contributed by atoms with Crippen molar-refractivity contribution < 1.29 is 4.79 Å². The summed E-state index contributed by atoms with van der Waals surface area (Å²) in [4.78, 5) is 12.1. The molecule has 3 N–H and O–H groups in total. The lowest BCUT2D eigenvalue weighted by atomic mass is 10.1. The van der Waals surface area contributed by atoms with Crippen LogP contribution in [-0.2, 0) is 0 Å². The van der Waals surface area contributed by atoms with Gasteiger partial charge in [0.15, 0.2) is 0 Å². The van der Waals surface area contributed by atoms with Gasteiger partial charge in [-0.2, -0.15) is 11.8 Å². The van der Waals surface area contributed by atoms with Gasteiger partial charge in [0.25, 0.3) is 5.91 Å². The molecule has 0 radical (unpaired) electrons. The molecule has 4 heteroatoms. The molecule has 0 bridgehead atoms. The summed E-state index contributed by atoms with van der Waals surface area (Å²) in [6.07, 6.45) is 3.79. The van der Waals surface area contributed by atoms with Crippen molar-refractivity contribution in [1.29, 1.82) is 0 Å². The highest BCUT2D eigenvalue weighted by Crippen LogP contribution is 2.24. The number of nitrogens with one attached hydrogen (secondary N) is 1. The van der Waals surface area contributed by atoms with E-state index in [2.05, 4.69) is 5.32 Å². The second-order valence-electron chi connectivity index (χ2n) is 4.74. The average Bonchev–Trinajstić information content (AvgIpc) is 2.37. The Kier molecular flexibility index (Phi) is 4.53. The molecule has 1 aromatic rings. The quantitative estimate of drug-likeness (QED) is 0.825. The van der Waals surface area contributed by atoms with Gasteiger partial charge in [0, 0.05) is 17.5 Å². The maximum Gasteiger partial charge on any atom is 0.253 e. The van der Waals surface area contributed by atoms with Crippen molar-refractivity contribution in [2.24, 2.45) is 0 Å². The maximum atomic E-state index is 12.1. The van der Waals surface area contributed by atoms with Crippen LogP contribution in [0.3, 0.4) is 0 Å². The van der Waals surface area contributed by atoms with Gasteiger partial charge in [-0.15, -0.1) is 0 Å². The number of nitrogen functional groups attached to an aromatic ring is 1. The number of amides is 1. The van der Waals surface area contributed by atoms with Gasteiger partial charge in [-0.3, -0.25) is 4.79 Å². The van der Waals surface area contributed by atoms with E-state index in [1.807, 2.05) is 30.8 Å². The standard InChI is InChI=1S/C14H20N2OS/c1-10-5-4-7-12(15)13(10)14(17)16-9-11-6-2-3-8-18-11/h4-5,7,11H,2-3,6,8-9,15H2,1H3,(H,16,17). The molecule has 1 unspecified atom stereocenters. The molecular formula is C14H20N2OS. The number of carbonyl (C=O) groups excluding carboxylic acids is 1. The highest BCUT2D eigenvalue weighted by Gasteiger charge is 2.17. The molecule has 18 heavy (non-hydrogen) atoms. The lowest BCUT2D eigenvalue weighted by Gasteiger charge is -2.21. The number of nitrogens with two attached hydrogens (primary N) is 1. The van der Waals surface area contributed by atoms with E-state index in [1.165, 1.54) is 25.0 Å². The van der Waals surface area contributed by atoms with Gasteiger partial charge in [-0.05, 0) is 37.1 Å². The molecule has 1 aliphatic heterocycles. The fourth-order valence-electron chi connectivity index (χ4n) is 2.26. The summed E-state index contributed by atoms with van der Waals surface area (Å²) in [5.74, 6) is 1.17. The number of aryl methyl sites for hydroxylation is 1. The minimum Gasteiger partial charge on any atom is -0.398 e. The fourth-order valence-corrected chi connectivity index (χ4v) is 3.50. The second-order valence-corrected chi connectivity index (χ2v) is 6.15. The Morgan fingerprint density at radius 3 is 3.00 bits per heavy atom. The molecule has 1 saturated heterocycles. The molecule has 3 nitrogen and oxygen atoms in total. The maximum absolute atomic E-state index is 12.1. The number of carbonyl (C=O) groups is 1. The van der Waals surface area contributed by atoms with Crippen LogP contribution in [0.25, 0.3) is 0 Å². The number of thioether (sulfide) groups is 1. The Bertz CT molecular complexity index is 408. The summed E-state index contributed by atoms with van der Waals surface area (Å²) >= 11 is 1.96. The average molecular weight is 264 g/mol. The van der Waals surface area contributed by atoms with E-state index in [-0.39, 0.29) is 5.91 Å². The van der Waals surface area contributed by atoms with E-state index in [1.54, 1.807) is 6.07 Å². The molecule has 2 rings (SSSR count). The molecule has 1 aliphatic rings. The lowest BCUT2D eigenvalue weighted by molar-refractivity contribution is 0.0953. The number of hydrogen-bond donors (Lipinski definition) is 2. The Balaban J connectivity index is 1.95. The van der Waals surface area contributed by atoms with E-state index < -0.39 is 0 Å². The van der Waals surface area contributed by atoms with Crippen molar-refractivity contribution >= 4 is 23.4 Å². The van der Waals surface area contributed by atoms with Crippen LogP contribution in [0.4, 0.5) is 5.69 Å². The van der Waals surface area contributed by atoms with Crippen LogP contribution in [0.2, 0.25) is 0 Å². The predicted octanol–water partition coefficient (Wildman–Crippen LogP) is 2.59. The van der Waals surface area contributed by atoms with E-state index in [9.17, 15) is 4.79 Å². The molecular weight excluding hydrogens is 244 g/mol. The van der Waals surface area contributed by atoms with E-state index in [0.29, 0.717) is 16.5 Å². The highest BCUT2D eigenvalue weighted by molar-refractivity contribution is 7.99. The van der Waals surface area contributed by atoms with Gasteiger partial charge in [0.1, 0.15) is 0 Å². The van der Waals surface area contributed by atoms with Crippen molar-refractivity contribution in [3.63, 3.8) is 0 Å². The molecule has 0 saturated carbocycles. The zero-order valence-corrected chi connectivity index (χ0v) is 11.6. The SMILES string of the molecule is Cc1cccc(N)c1C(=O)NCC1CCCCS1.